The molecule has 2 aromatic heterocycles. The minimum Gasteiger partial charge on any atom is -0.486 e. The van der Waals surface area contributed by atoms with Crippen LogP contribution in [0.15, 0.2) is 18.2 Å². The molecule has 0 N–H and O–H groups in total. The smallest absolute Gasteiger partial charge is 0.195 e. The van der Waals surface area contributed by atoms with E-state index in [4.69, 9.17) is 14.5 Å². The Hall–Kier alpha value is -2.34. The molecule has 1 unspecified atom stereocenters. The molecule has 3 heterocycles. The van der Waals surface area contributed by atoms with Gasteiger partial charge in [-0.2, -0.15) is 0 Å². The molecular formula is C19H18N2O3S. The first-order valence-electron chi connectivity index (χ1n) is 8.63. The van der Waals surface area contributed by atoms with Crippen molar-refractivity contribution in [3.63, 3.8) is 0 Å². The third-order valence-corrected chi connectivity index (χ3v) is 6.13. The van der Waals surface area contributed by atoms with Gasteiger partial charge in [-0.3, -0.25) is 9.20 Å². The zero-order valence-electron chi connectivity index (χ0n) is 13.9. The van der Waals surface area contributed by atoms with E-state index in [1.54, 1.807) is 11.3 Å². The van der Waals surface area contributed by atoms with E-state index in [1.165, 1.54) is 10.6 Å². The molecule has 25 heavy (non-hydrogen) atoms. The van der Waals surface area contributed by atoms with Gasteiger partial charge in [-0.15, -0.1) is 11.3 Å². The fourth-order valence-electron chi connectivity index (χ4n) is 3.76. The number of rotatable bonds is 2. The number of imidazole rings is 1. The Bertz CT molecular complexity index is 988. The number of fused-ring (bicyclic) bond motifs is 4. The second-order valence-electron chi connectivity index (χ2n) is 6.76. The van der Waals surface area contributed by atoms with Gasteiger partial charge in [0.2, 0.25) is 0 Å². The summed E-state index contributed by atoms with van der Waals surface area (Å²) in [5.74, 6) is 2.16. The maximum Gasteiger partial charge on any atom is 0.195 e. The molecule has 0 saturated heterocycles. The van der Waals surface area contributed by atoms with Crippen LogP contribution in [0.5, 0.6) is 11.5 Å². The lowest BCUT2D eigenvalue weighted by atomic mass is 9.93. The zero-order chi connectivity index (χ0) is 17.0. The number of aldehydes is 1. The third-order valence-electron chi connectivity index (χ3n) is 5.02. The minimum absolute atomic E-state index is 0.543. The van der Waals surface area contributed by atoms with E-state index < -0.39 is 0 Å². The lowest BCUT2D eigenvalue weighted by Gasteiger charge is -2.19. The molecule has 1 aliphatic carbocycles. The van der Waals surface area contributed by atoms with Crippen LogP contribution in [-0.4, -0.2) is 28.9 Å². The Labute approximate surface area is 149 Å². The van der Waals surface area contributed by atoms with Crippen molar-refractivity contribution in [3.05, 3.63) is 34.5 Å². The summed E-state index contributed by atoms with van der Waals surface area (Å²) in [7, 11) is 0. The summed E-state index contributed by atoms with van der Waals surface area (Å²) in [6.45, 7) is 3.39. The predicted octanol–water partition coefficient (Wildman–Crippen LogP) is 3.77. The third kappa shape index (κ3) is 2.28. The topological polar surface area (TPSA) is 52.8 Å². The van der Waals surface area contributed by atoms with Gasteiger partial charge in [-0.25, -0.2) is 4.98 Å². The molecule has 0 bridgehead atoms. The zero-order valence-corrected chi connectivity index (χ0v) is 14.8. The number of nitrogens with zero attached hydrogens (tertiary/aromatic N) is 2. The summed E-state index contributed by atoms with van der Waals surface area (Å²) >= 11 is 1.71. The Morgan fingerprint density at radius 3 is 2.96 bits per heavy atom. The molecule has 0 radical (unpaired) electrons. The highest BCUT2D eigenvalue weighted by Gasteiger charge is 2.25. The van der Waals surface area contributed by atoms with Gasteiger partial charge >= 0.3 is 0 Å². The molecule has 0 fully saturated rings. The molecule has 0 amide bonds. The quantitative estimate of drug-likeness (QED) is 0.658. The van der Waals surface area contributed by atoms with Crippen LogP contribution in [-0.2, 0) is 12.8 Å². The highest BCUT2D eigenvalue weighted by molar-refractivity contribution is 7.17. The molecule has 6 heteroatoms. The first-order chi connectivity index (χ1) is 12.2. The van der Waals surface area contributed by atoms with E-state index >= 15 is 0 Å². The first-order valence-corrected chi connectivity index (χ1v) is 9.44. The summed E-state index contributed by atoms with van der Waals surface area (Å²) in [5.41, 5.74) is 3.51. The highest BCUT2D eigenvalue weighted by Crippen LogP contribution is 2.38. The van der Waals surface area contributed by atoms with Crippen molar-refractivity contribution in [1.82, 2.24) is 9.38 Å². The summed E-state index contributed by atoms with van der Waals surface area (Å²) in [5, 5.41) is 0. The van der Waals surface area contributed by atoms with Crippen LogP contribution in [0.25, 0.3) is 16.2 Å². The normalized spacial score (nSPS) is 19.0. The average molecular weight is 354 g/mol. The fraction of sp³-hybridized carbons (Fsp3) is 0.368. The van der Waals surface area contributed by atoms with Gasteiger partial charge in [0.15, 0.2) is 22.7 Å². The van der Waals surface area contributed by atoms with Crippen molar-refractivity contribution in [1.29, 1.82) is 0 Å². The summed E-state index contributed by atoms with van der Waals surface area (Å²) in [6.07, 6.45) is 4.18. The molecule has 3 aromatic rings. The molecule has 0 saturated carbocycles. The second-order valence-corrected chi connectivity index (χ2v) is 7.82. The minimum atomic E-state index is 0.543. The van der Waals surface area contributed by atoms with Crippen LogP contribution in [0.1, 0.15) is 34.4 Å². The maximum atomic E-state index is 11.9. The number of carbonyl (C=O) groups is 1. The van der Waals surface area contributed by atoms with Crippen molar-refractivity contribution in [2.24, 2.45) is 5.92 Å². The molecule has 1 aliphatic heterocycles. The molecule has 1 aromatic carbocycles. The van der Waals surface area contributed by atoms with Crippen molar-refractivity contribution < 1.29 is 14.3 Å². The Morgan fingerprint density at radius 2 is 2.12 bits per heavy atom. The van der Waals surface area contributed by atoms with E-state index in [9.17, 15) is 4.79 Å². The lowest BCUT2D eigenvalue weighted by Crippen LogP contribution is -2.15. The maximum absolute atomic E-state index is 11.9. The largest absolute Gasteiger partial charge is 0.486 e. The highest BCUT2D eigenvalue weighted by atomic mass is 32.1. The fourth-order valence-corrected chi connectivity index (χ4v) is 5.10. The lowest BCUT2D eigenvalue weighted by molar-refractivity contribution is 0.111. The Kier molecular flexibility index (Phi) is 3.35. The number of aromatic nitrogens is 2. The van der Waals surface area contributed by atoms with Crippen LogP contribution in [0.2, 0.25) is 0 Å². The molecule has 2 aliphatic rings. The molecular weight excluding hydrogens is 336 g/mol. The number of hydrogen-bond donors (Lipinski definition) is 0. The van der Waals surface area contributed by atoms with Crippen molar-refractivity contribution in [2.45, 2.75) is 26.2 Å². The van der Waals surface area contributed by atoms with Gasteiger partial charge in [0.05, 0.1) is 0 Å². The van der Waals surface area contributed by atoms with Crippen LogP contribution in [0, 0.1) is 5.92 Å². The summed E-state index contributed by atoms with van der Waals surface area (Å²) < 4.78 is 13.3. The molecule has 1 atom stereocenters. The number of aryl methyl sites for hydroxylation is 1. The average Bonchev–Trinajstić information content (AvgIpc) is 3.16. The number of thiazole rings is 1. The van der Waals surface area contributed by atoms with Gasteiger partial charge in [0.25, 0.3) is 0 Å². The van der Waals surface area contributed by atoms with Gasteiger partial charge in [0, 0.05) is 16.1 Å². The molecule has 128 valence electrons. The summed E-state index contributed by atoms with van der Waals surface area (Å²) in [6, 6.07) is 5.76. The van der Waals surface area contributed by atoms with E-state index in [-0.39, 0.29) is 0 Å². The van der Waals surface area contributed by atoms with E-state index in [0.29, 0.717) is 30.6 Å². The van der Waals surface area contributed by atoms with Crippen molar-refractivity contribution >= 4 is 22.6 Å². The van der Waals surface area contributed by atoms with Gasteiger partial charge in [-0.05, 0) is 43.4 Å². The number of hydrogen-bond acceptors (Lipinski definition) is 5. The van der Waals surface area contributed by atoms with E-state index in [1.807, 2.05) is 18.2 Å². The molecule has 0 spiro atoms. The van der Waals surface area contributed by atoms with Crippen LogP contribution in [0.3, 0.4) is 0 Å². The van der Waals surface area contributed by atoms with Gasteiger partial charge < -0.3 is 9.47 Å². The number of carbonyl (C=O) groups excluding carboxylic acids is 1. The van der Waals surface area contributed by atoms with Crippen molar-refractivity contribution in [2.75, 3.05) is 13.2 Å². The van der Waals surface area contributed by atoms with Gasteiger partial charge in [-0.1, -0.05) is 6.92 Å². The van der Waals surface area contributed by atoms with Crippen LogP contribution < -0.4 is 9.47 Å². The Balaban J connectivity index is 1.67. The Morgan fingerprint density at radius 1 is 1.28 bits per heavy atom. The first kappa shape index (κ1) is 15.0. The second kappa shape index (κ2) is 5.59. The van der Waals surface area contributed by atoms with Crippen molar-refractivity contribution in [3.8, 4) is 22.8 Å². The number of benzene rings is 1. The predicted molar refractivity (Wildman–Crippen MR) is 96.1 cm³/mol. The standard InChI is InChI=1S/C19H18N2O3S/c1-11-2-4-13-17(8-11)25-19-20-18(14(10-22)21(13)19)12-3-5-15-16(9-12)24-7-6-23-15/h3,5,9-11H,2,4,6-8H2,1H3. The monoisotopic (exact) mass is 354 g/mol. The van der Waals surface area contributed by atoms with Crippen LogP contribution >= 0.6 is 11.3 Å². The van der Waals surface area contributed by atoms with E-state index in [2.05, 4.69) is 11.3 Å². The SMILES string of the molecule is CC1CCc2c(sc3nc(-c4ccc5c(c4)OCCO5)c(C=O)n23)C1. The molecule has 5 nitrogen and oxygen atoms in total. The summed E-state index contributed by atoms with van der Waals surface area (Å²) in [4.78, 5) is 19.0. The van der Waals surface area contributed by atoms with E-state index in [0.717, 1.165) is 47.5 Å². The molecule has 5 rings (SSSR count). The number of ether oxygens (including phenoxy) is 2. The van der Waals surface area contributed by atoms with Gasteiger partial charge in [0.1, 0.15) is 24.6 Å². The van der Waals surface area contributed by atoms with Crippen LogP contribution in [0.4, 0.5) is 0 Å².